The number of phenolic OH excluding ortho intramolecular Hbond substituents is 1. The van der Waals surface area contributed by atoms with E-state index < -0.39 is 0 Å². The first kappa shape index (κ1) is 20.2. The van der Waals surface area contributed by atoms with Gasteiger partial charge in [0.25, 0.3) is 11.8 Å². The number of fused-ring (bicyclic) bond motifs is 3. The lowest BCUT2D eigenvalue weighted by atomic mass is 10.0. The van der Waals surface area contributed by atoms with Crippen LogP contribution < -0.4 is 9.64 Å². The van der Waals surface area contributed by atoms with E-state index in [2.05, 4.69) is 0 Å². The number of aromatic hydroxyl groups is 1. The molecule has 3 amide bonds. The molecule has 0 unspecified atom stereocenters. The van der Waals surface area contributed by atoms with Gasteiger partial charge in [-0.25, -0.2) is 0 Å². The number of carbonyl (C=O) groups excluding carboxylic acids is 3. The van der Waals surface area contributed by atoms with Crippen LogP contribution in [0.25, 0.3) is 0 Å². The number of ether oxygens (including phenoxy) is 1. The number of benzene rings is 1. The summed E-state index contributed by atoms with van der Waals surface area (Å²) in [5, 5.41) is 10.7. The third-order valence-corrected chi connectivity index (χ3v) is 6.79. The van der Waals surface area contributed by atoms with Crippen LogP contribution in [0.3, 0.4) is 0 Å². The predicted octanol–water partition coefficient (Wildman–Crippen LogP) is 2.10. The number of thiophene rings is 1. The van der Waals surface area contributed by atoms with Crippen LogP contribution in [0.1, 0.15) is 38.1 Å². The normalized spacial score (nSPS) is 16.3. The van der Waals surface area contributed by atoms with Gasteiger partial charge in [0.15, 0.2) is 11.5 Å². The first-order valence-electron chi connectivity index (χ1n) is 9.72. The molecule has 0 spiro atoms. The maximum absolute atomic E-state index is 13.0. The summed E-state index contributed by atoms with van der Waals surface area (Å²) < 4.78 is 5.04. The average Bonchev–Trinajstić information content (AvgIpc) is 3.07. The van der Waals surface area contributed by atoms with Crippen molar-refractivity contribution in [2.45, 2.75) is 19.9 Å². The molecule has 0 radical (unpaired) electrons. The second kappa shape index (κ2) is 7.64. The average molecular weight is 429 g/mol. The molecular weight excluding hydrogens is 406 g/mol. The number of carbonyl (C=O) groups is 3. The summed E-state index contributed by atoms with van der Waals surface area (Å²) in [6, 6.07) is 4.58. The Balaban J connectivity index is 1.66. The first-order chi connectivity index (χ1) is 14.3. The molecular formula is C21H23N3O5S. The van der Waals surface area contributed by atoms with Crippen molar-refractivity contribution in [1.82, 2.24) is 9.80 Å². The molecule has 0 saturated carbocycles. The lowest BCUT2D eigenvalue weighted by Crippen LogP contribution is -2.38. The highest BCUT2D eigenvalue weighted by Crippen LogP contribution is 2.41. The first-order valence-corrected chi connectivity index (χ1v) is 10.5. The van der Waals surface area contributed by atoms with E-state index in [-0.39, 0.29) is 30.0 Å². The third-order valence-electron chi connectivity index (χ3n) is 5.55. The molecule has 4 rings (SSSR count). The maximum atomic E-state index is 13.0. The molecule has 8 nitrogen and oxygen atoms in total. The van der Waals surface area contributed by atoms with Gasteiger partial charge in [0.05, 0.1) is 19.2 Å². The van der Waals surface area contributed by atoms with Gasteiger partial charge in [0.1, 0.15) is 11.5 Å². The van der Waals surface area contributed by atoms with E-state index in [9.17, 15) is 19.5 Å². The summed E-state index contributed by atoms with van der Waals surface area (Å²) in [4.78, 5) is 44.2. The number of anilines is 1. The van der Waals surface area contributed by atoms with Gasteiger partial charge in [-0.1, -0.05) is 0 Å². The Kier molecular flexibility index (Phi) is 5.15. The Labute approximate surface area is 178 Å². The molecule has 2 aliphatic heterocycles. The van der Waals surface area contributed by atoms with Crippen LogP contribution in [0.4, 0.5) is 5.00 Å². The van der Waals surface area contributed by atoms with Crippen molar-refractivity contribution in [3.05, 3.63) is 39.8 Å². The monoisotopic (exact) mass is 429 g/mol. The van der Waals surface area contributed by atoms with Gasteiger partial charge in [-0.3, -0.25) is 14.4 Å². The number of rotatable bonds is 3. The van der Waals surface area contributed by atoms with Crippen molar-refractivity contribution in [1.29, 1.82) is 0 Å². The Morgan fingerprint density at radius 2 is 2.03 bits per heavy atom. The second-order valence-electron chi connectivity index (χ2n) is 7.35. The van der Waals surface area contributed by atoms with Crippen molar-refractivity contribution in [3.63, 3.8) is 0 Å². The zero-order chi connectivity index (χ0) is 21.6. The molecule has 0 bridgehead atoms. The van der Waals surface area contributed by atoms with E-state index in [1.807, 2.05) is 6.92 Å². The zero-order valence-corrected chi connectivity index (χ0v) is 17.9. The molecule has 0 aliphatic carbocycles. The van der Waals surface area contributed by atoms with Gasteiger partial charge < -0.3 is 24.5 Å². The van der Waals surface area contributed by atoms with Crippen molar-refractivity contribution in [3.8, 4) is 11.5 Å². The van der Waals surface area contributed by atoms with E-state index in [0.717, 1.165) is 10.4 Å². The summed E-state index contributed by atoms with van der Waals surface area (Å²) in [7, 11) is 3.09. The molecule has 30 heavy (non-hydrogen) atoms. The van der Waals surface area contributed by atoms with Crippen LogP contribution in [-0.2, 0) is 17.8 Å². The van der Waals surface area contributed by atoms with E-state index in [4.69, 9.17) is 4.74 Å². The summed E-state index contributed by atoms with van der Waals surface area (Å²) in [5.74, 6) is -0.232. The van der Waals surface area contributed by atoms with Crippen molar-refractivity contribution >= 4 is 34.1 Å². The van der Waals surface area contributed by atoms with Gasteiger partial charge in [0.2, 0.25) is 5.91 Å². The number of nitrogens with zero attached hydrogens (tertiary/aromatic N) is 3. The van der Waals surface area contributed by atoms with Crippen molar-refractivity contribution in [2.24, 2.45) is 0 Å². The smallest absolute Gasteiger partial charge is 0.257 e. The summed E-state index contributed by atoms with van der Waals surface area (Å²) in [6.45, 7) is 3.26. The Bertz CT molecular complexity index is 1050. The quantitative estimate of drug-likeness (QED) is 0.807. The molecule has 1 aromatic heterocycles. The molecule has 1 aromatic carbocycles. The number of methoxy groups -OCH3 is 1. The minimum atomic E-state index is -0.200. The molecule has 0 atom stereocenters. The predicted molar refractivity (Wildman–Crippen MR) is 112 cm³/mol. The minimum Gasteiger partial charge on any atom is -0.504 e. The topological polar surface area (TPSA) is 90.4 Å². The van der Waals surface area contributed by atoms with Crippen LogP contribution in [0, 0.1) is 0 Å². The number of hydrogen-bond acceptors (Lipinski definition) is 6. The van der Waals surface area contributed by atoms with E-state index in [0.29, 0.717) is 47.9 Å². The molecule has 9 heteroatoms. The van der Waals surface area contributed by atoms with Crippen molar-refractivity contribution in [2.75, 3.05) is 38.7 Å². The highest BCUT2D eigenvalue weighted by atomic mass is 32.1. The highest BCUT2D eigenvalue weighted by Gasteiger charge is 2.37. The van der Waals surface area contributed by atoms with Gasteiger partial charge in [-0.15, -0.1) is 11.3 Å². The molecule has 2 aliphatic rings. The van der Waals surface area contributed by atoms with Crippen LogP contribution in [0.15, 0.2) is 18.2 Å². The lowest BCUT2D eigenvalue weighted by molar-refractivity contribution is -0.118. The van der Waals surface area contributed by atoms with Gasteiger partial charge in [-0.05, 0) is 37.1 Å². The van der Waals surface area contributed by atoms with E-state index in [1.54, 1.807) is 29.0 Å². The third kappa shape index (κ3) is 3.19. The number of amides is 3. The Morgan fingerprint density at radius 1 is 1.27 bits per heavy atom. The largest absolute Gasteiger partial charge is 0.504 e. The number of hydrogen-bond donors (Lipinski definition) is 1. The molecule has 158 valence electrons. The highest BCUT2D eigenvalue weighted by molar-refractivity contribution is 7.17. The second-order valence-corrected chi connectivity index (χ2v) is 8.43. The molecule has 2 aromatic rings. The maximum Gasteiger partial charge on any atom is 0.257 e. The fourth-order valence-electron chi connectivity index (χ4n) is 3.96. The lowest BCUT2D eigenvalue weighted by Gasteiger charge is -2.27. The number of likely N-dealkylation sites (N-methyl/N-ethyl adjacent to an activating group) is 2. The SMILES string of the molecule is CCN1C(=O)CN(C)C(=O)c2c1sc1c2CCN(C(=O)c2ccc(OC)c(O)c2)C1. The summed E-state index contributed by atoms with van der Waals surface area (Å²) >= 11 is 1.41. The molecule has 3 heterocycles. The summed E-state index contributed by atoms with van der Waals surface area (Å²) in [5.41, 5.74) is 1.90. The van der Waals surface area contributed by atoms with Crippen LogP contribution in [0.5, 0.6) is 11.5 Å². The minimum absolute atomic E-state index is 0.0639. The fourth-order valence-corrected chi connectivity index (χ4v) is 5.40. The molecule has 1 N–H and O–H groups in total. The summed E-state index contributed by atoms with van der Waals surface area (Å²) in [6.07, 6.45) is 0.542. The van der Waals surface area contributed by atoms with Gasteiger partial charge in [-0.2, -0.15) is 0 Å². The standard InChI is InChI=1S/C21H23N3O5S/c1-4-24-17(26)11-22(2)20(28)18-13-7-8-23(10-16(13)30-21(18)24)19(27)12-5-6-15(29-3)14(25)9-12/h5-6,9,25H,4,7-8,10-11H2,1-3H3. The number of phenols is 1. The van der Waals surface area contributed by atoms with E-state index >= 15 is 0 Å². The van der Waals surface area contributed by atoms with Gasteiger partial charge in [0, 0.05) is 30.6 Å². The molecule has 0 saturated heterocycles. The fraction of sp³-hybridized carbons (Fsp3) is 0.381. The van der Waals surface area contributed by atoms with E-state index in [1.165, 1.54) is 29.4 Å². The van der Waals surface area contributed by atoms with Crippen LogP contribution in [-0.4, -0.2) is 66.4 Å². The van der Waals surface area contributed by atoms with Crippen molar-refractivity contribution < 1.29 is 24.2 Å². The zero-order valence-electron chi connectivity index (χ0n) is 17.1. The van der Waals surface area contributed by atoms with Gasteiger partial charge >= 0.3 is 0 Å². The van der Waals surface area contributed by atoms with Crippen LogP contribution in [0.2, 0.25) is 0 Å². The Hall–Kier alpha value is -3.07. The molecule has 0 fully saturated rings. The van der Waals surface area contributed by atoms with Crippen LogP contribution >= 0.6 is 11.3 Å². The Morgan fingerprint density at radius 3 is 2.70 bits per heavy atom.